The molecule has 0 spiro atoms. The van der Waals surface area contributed by atoms with E-state index in [0.29, 0.717) is 24.4 Å². The highest BCUT2D eigenvalue weighted by Crippen LogP contribution is 2.24. The fourth-order valence-corrected chi connectivity index (χ4v) is 2.31. The predicted molar refractivity (Wildman–Crippen MR) is 72.8 cm³/mol. The quantitative estimate of drug-likeness (QED) is 0.791. The van der Waals surface area contributed by atoms with Crippen molar-refractivity contribution in [3.05, 3.63) is 35.9 Å². The van der Waals surface area contributed by atoms with Crippen LogP contribution in [0.25, 0.3) is 0 Å². The molecule has 2 atom stereocenters. The Morgan fingerprint density at radius 3 is 2.60 bits per heavy atom. The first-order chi connectivity index (χ1) is 9.61. The minimum absolute atomic E-state index is 0.364. The maximum Gasteiger partial charge on any atom is 0.357 e. The molecule has 1 heterocycles. The van der Waals surface area contributed by atoms with Gasteiger partial charge in [0.05, 0.1) is 12.7 Å². The SMILES string of the molecule is COC(=O)C1CC(C)CCN1OC(=O)c1ccccc1. The van der Waals surface area contributed by atoms with Gasteiger partial charge in [-0.15, -0.1) is 5.06 Å². The van der Waals surface area contributed by atoms with Gasteiger partial charge in [0.2, 0.25) is 0 Å². The van der Waals surface area contributed by atoms with Crippen molar-refractivity contribution < 1.29 is 19.2 Å². The van der Waals surface area contributed by atoms with E-state index in [9.17, 15) is 9.59 Å². The number of hydrogen-bond acceptors (Lipinski definition) is 5. The summed E-state index contributed by atoms with van der Waals surface area (Å²) in [4.78, 5) is 29.2. The van der Waals surface area contributed by atoms with E-state index in [0.717, 1.165) is 6.42 Å². The molecule has 1 aromatic rings. The number of methoxy groups -OCH3 is 1. The number of ether oxygens (including phenoxy) is 1. The molecule has 1 aromatic carbocycles. The van der Waals surface area contributed by atoms with Crippen molar-refractivity contribution in [1.29, 1.82) is 0 Å². The van der Waals surface area contributed by atoms with Crippen LogP contribution in [0, 0.1) is 5.92 Å². The van der Waals surface area contributed by atoms with Crippen LogP contribution < -0.4 is 0 Å². The minimum Gasteiger partial charge on any atom is -0.468 e. The van der Waals surface area contributed by atoms with E-state index in [1.165, 1.54) is 12.2 Å². The lowest BCUT2D eigenvalue weighted by Crippen LogP contribution is -2.48. The zero-order valence-corrected chi connectivity index (χ0v) is 11.7. The summed E-state index contributed by atoms with van der Waals surface area (Å²) < 4.78 is 4.78. The van der Waals surface area contributed by atoms with E-state index in [1.807, 2.05) is 6.07 Å². The standard InChI is InChI=1S/C15H19NO4/c1-11-8-9-16(13(10-11)15(18)19-2)20-14(17)12-6-4-3-5-7-12/h3-7,11,13H,8-10H2,1-2H3. The van der Waals surface area contributed by atoms with Crippen LogP contribution in [0.3, 0.4) is 0 Å². The Kier molecular flexibility index (Phi) is 4.74. The molecule has 0 bridgehead atoms. The summed E-state index contributed by atoms with van der Waals surface area (Å²) in [6.07, 6.45) is 1.52. The van der Waals surface area contributed by atoms with Gasteiger partial charge in [0.15, 0.2) is 0 Å². The van der Waals surface area contributed by atoms with Crippen LogP contribution in [0.2, 0.25) is 0 Å². The molecule has 1 aliphatic heterocycles. The summed E-state index contributed by atoms with van der Waals surface area (Å²) >= 11 is 0. The highest BCUT2D eigenvalue weighted by Gasteiger charge is 2.35. The molecule has 5 nitrogen and oxygen atoms in total. The number of benzene rings is 1. The molecule has 0 aromatic heterocycles. The van der Waals surface area contributed by atoms with Crippen molar-refractivity contribution in [2.24, 2.45) is 5.92 Å². The molecular weight excluding hydrogens is 258 g/mol. The molecule has 0 saturated carbocycles. The molecule has 1 fully saturated rings. The summed E-state index contributed by atoms with van der Waals surface area (Å²) in [6.45, 7) is 2.62. The summed E-state index contributed by atoms with van der Waals surface area (Å²) in [5.74, 6) is -0.405. The number of rotatable bonds is 3. The number of carbonyl (C=O) groups is 2. The maximum absolute atomic E-state index is 12.0. The predicted octanol–water partition coefficient (Wildman–Crippen LogP) is 2.03. The van der Waals surface area contributed by atoms with Crippen molar-refractivity contribution in [3.8, 4) is 0 Å². The van der Waals surface area contributed by atoms with Gasteiger partial charge in [-0.25, -0.2) is 4.79 Å². The number of carbonyl (C=O) groups excluding carboxylic acids is 2. The average Bonchev–Trinajstić information content (AvgIpc) is 2.49. The van der Waals surface area contributed by atoms with Crippen molar-refractivity contribution in [2.75, 3.05) is 13.7 Å². The van der Waals surface area contributed by atoms with E-state index >= 15 is 0 Å². The van der Waals surface area contributed by atoms with Crippen LogP contribution in [-0.2, 0) is 14.4 Å². The molecule has 0 amide bonds. The van der Waals surface area contributed by atoms with Crippen LogP contribution in [-0.4, -0.2) is 36.7 Å². The number of nitrogens with zero attached hydrogens (tertiary/aromatic N) is 1. The van der Waals surface area contributed by atoms with Gasteiger partial charge in [-0.2, -0.15) is 0 Å². The van der Waals surface area contributed by atoms with Gasteiger partial charge in [-0.05, 0) is 30.9 Å². The van der Waals surface area contributed by atoms with Gasteiger partial charge in [0, 0.05) is 6.54 Å². The van der Waals surface area contributed by atoms with E-state index in [1.54, 1.807) is 24.3 Å². The van der Waals surface area contributed by atoms with Crippen LogP contribution in [0.5, 0.6) is 0 Å². The largest absolute Gasteiger partial charge is 0.468 e. The average molecular weight is 277 g/mol. The van der Waals surface area contributed by atoms with E-state index in [-0.39, 0.29) is 5.97 Å². The highest BCUT2D eigenvalue weighted by molar-refractivity contribution is 5.89. The van der Waals surface area contributed by atoms with Gasteiger partial charge in [-0.1, -0.05) is 25.1 Å². The number of piperidine rings is 1. The second-order valence-corrected chi connectivity index (χ2v) is 5.05. The number of hydrogen-bond donors (Lipinski definition) is 0. The van der Waals surface area contributed by atoms with Crippen molar-refractivity contribution >= 4 is 11.9 Å². The monoisotopic (exact) mass is 277 g/mol. The topological polar surface area (TPSA) is 55.8 Å². The van der Waals surface area contributed by atoms with Crippen LogP contribution >= 0.6 is 0 Å². The van der Waals surface area contributed by atoms with E-state index in [2.05, 4.69) is 6.92 Å². The normalized spacial score (nSPS) is 23.1. The Bertz CT molecular complexity index is 474. The van der Waals surface area contributed by atoms with Gasteiger partial charge < -0.3 is 9.57 Å². The Balaban J connectivity index is 2.06. The van der Waals surface area contributed by atoms with Crippen LogP contribution in [0.4, 0.5) is 0 Å². The lowest BCUT2D eigenvalue weighted by molar-refractivity contribution is -0.184. The second kappa shape index (κ2) is 6.52. The molecule has 2 unspecified atom stereocenters. The zero-order chi connectivity index (χ0) is 14.5. The molecule has 0 aliphatic carbocycles. The first-order valence-corrected chi connectivity index (χ1v) is 6.73. The van der Waals surface area contributed by atoms with Gasteiger partial charge in [0.25, 0.3) is 0 Å². The first-order valence-electron chi connectivity index (χ1n) is 6.73. The Labute approximate surface area is 118 Å². The smallest absolute Gasteiger partial charge is 0.357 e. The molecule has 0 N–H and O–H groups in total. The first kappa shape index (κ1) is 14.5. The highest BCUT2D eigenvalue weighted by atomic mass is 16.7. The summed E-state index contributed by atoms with van der Waals surface area (Å²) in [5, 5.41) is 1.45. The third kappa shape index (κ3) is 3.36. The molecule has 0 radical (unpaired) electrons. The summed E-state index contributed by atoms with van der Waals surface area (Å²) in [7, 11) is 1.35. The molecular formula is C15H19NO4. The fraction of sp³-hybridized carbons (Fsp3) is 0.467. The Morgan fingerprint density at radius 1 is 1.25 bits per heavy atom. The fourth-order valence-electron chi connectivity index (χ4n) is 2.31. The molecule has 2 rings (SSSR count). The Morgan fingerprint density at radius 2 is 1.95 bits per heavy atom. The molecule has 1 saturated heterocycles. The van der Waals surface area contributed by atoms with Crippen molar-refractivity contribution in [2.45, 2.75) is 25.8 Å². The third-order valence-electron chi connectivity index (χ3n) is 3.50. The molecule has 20 heavy (non-hydrogen) atoms. The number of hydroxylamine groups is 2. The lowest BCUT2D eigenvalue weighted by Gasteiger charge is -2.34. The van der Waals surface area contributed by atoms with Crippen molar-refractivity contribution in [3.63, 3.8) is 0 Å². The van der Waals surface area contributed by atoms with Crippen LogP contribution in [0.15, 0.2) is 30.3 Å². The lowest BCUT2D eigenvalue weighted by atomic mass is 9.94. The van der Waals surface area contributed by atoms with Gasteiger partial charge >= 0.3 is 11.9 Å². The maximum atomic E-state index is 12.0. The van der Waals surface area contributed by atoms with Gasteiger partial charge in [0.1, 0.15) is 6.04 Å². The molecule has 5 heteroatoms. The molecule has 108 valence electrons. The third-order valence-corrected chi connectivity index (χ3v) is 3.50. The van der Waals surface area contributed by atoms with E-state index < -0.39 is 12.0 Å². The zero-order valence-electron chi connectivity index (χ0n) is 11.7. The van der Waals surface area contributed by atoms with Crippen LogP contribution in [0.1, 0.15) is 30.1 Å². The molecule has 1 aliphatic rings. The Hall–Kier alpha value is -1.88. The number of esters is 1. The summed E-state index contributed by atoms with van der Waals surface area (Å²) in [5.41, 5.74) is 0.467. The van der Waals surface area contributed by atoms with Gasteiger partial charge in [-0.3, -0.25) is 4.79 Å². The van der Waals surface area contributed by atoms with E-state index in [4.69, 9.17) is 9.57 Å². The van der Waals surface area contributed by atoms with Crippen molar-refractivity contribution in [1.82, 2.24) is 5.06 Å². The minimum atomic E-state index is -0.517. The second-order valence-electron chi connectivity index (χ2n) is 5.05. The summed E-state index contributed by atoms with van der Waals surface area (Å²) in [6, 6.07) is 8.22.